The van der Waals surface area contributed by atoms with Crippen LogP contribution in [-0.4, -0.2) is 4.21 Å². The first-order chi connectivity index (χ1) is 19.7. The minimum absolute atomic E-state index is 0.127. The molecule has 0 aromatic heterocycles. The molecular formula is C41H58Zr. The van der Waals surface area contributed by atoms with Gasteiger partial charge in [-0.25, -0.2) is 0 Å². The fourth-order valence-electron chi connectivity index (χ4n) is 10.7. The molecule has 0 spiro atoms. The van der Waals surface area contributed by atoms with E-state index in [0.717, 1.165) is 11.8 Å². The van der Waals surface area contributed by atoms with Crippen LogP contribution in [0.25, 0.3) is 11.1 Å². The van der Waals surface area contributed by atoms with Crippen molar-refractivity contribution < 1.29 is 18.3 Å². The standard InChI is InChI=1S/C23H29.2C6H11.C5H5.CH2.Zr/c1-14-9-16-11-17-10-15(2)21(23(6,7)8)13-19(17)18(16)12-20(14)22(3,4)5;2*1-6-4-2-3-5-6;1-2-4-5-3-1;;/h9-13H,1-8H3;2*6H,1-5H2;1-5H;1H2;. The molecule has 0 heterocycles. The summed E-state index contributed by atoms with van der Waals surface area (Å²) in [6.07, 6.45) is 21.5. The van der Waals surface area contributed by atoms with Crippen molar-refractivity contribution in [2.75, 3.05) is 0 Å². The normalized spacial score (nSPS) is 20.7. The number of benzene rings is 2. The zero-order valence-corrected chi connectivity index (χ0v) is 30.7. The molecule has 0 aliphatic heterocycles. The average Bonchev–Trinajstić information content (AvgIpc) is 3.69. The van der Waals surface area contributed by atoms with Crippen LogP contribution in [0.4, 0.5) is 0 Å². The Hall–Kier alpha value is -1.33. The van der Waals surface area contributed by atoms with E-state index in [2.05, 4.69) is 104 Å². The van der Waals surface area contributed by atoms with E-state index in [-0.39, 0.29) is 10.8 Å². The summed E-state index contributed by atoms with van der Waals surface area (Å²) in [6, 6.07) is 10.6. The molecule has 0 atom stereocenters. The third-order valence-corrected chi connectivity index (χ3v) is 31.0. The van der Waals surface area contributed by atoms with Gasteiger partial charge in [0.05, 0.1) is 0 Å². The summed E-state index contributed by atoms with van der Waals surface area (Å²) in [4.78, 5) is 0. The quantitative estimate of drug-likeness (QED) is 0.294. The Morgan fingerprint density at radius 2 is 1.02 bits per heavy atom. The van der Waals surface area contributed by atoms with Gasteiger partial charge >= 0.3 is 261 Å². The average molecular weight is 642 g/mol. The minimum atomic E-state index is -3.99. The van der Waals surface area contributed by atoms with Crippen LogP contribution in [0.1, 0.15) is 130 Å². The summed E-state index contributed by atoms with van der Waals surface area (Å²) in [5, 5.41) is 0. The van der Waals surface area contributed by atoms with Gasteiger partial charge < -0.3 is 0 Å². The number of rotatable bonds is 6. The van der Waals surface area contributed by atoms with E-state index in [0.29, 0.717) is 7.25 Å². The molecule has 4 aliphatic carbocycles. The maximum absolute atomic E-state index is 5.90. The molecule has 226 valence electrons. The van der Waals surface area contributed by atoms with Gasteiger partial charge in [-0.2, -0.15) is 0 Å². The Labute approximate surface area is 259 Å². The first-order valence-corrected chi connectivity index (χ1v) is 25.4. The van der Waals surface area contributed by atoms with Crippen LogP contribution in [0.5, 0.6) is 0 Å². The Morgan fingerprint density at radius 3 is 1.38 bits per heavy atom. The van der Waals surface area contributed by atoms with Crippen LogP contribution in [0, 0.1) is 25.7 Å². The molecule has 2 fully saturated rings. The van der Waals surface area contributed by atoms with E-state index in [1.807, 2.05) is 0 Å². The van der Waals surface area contributed by atoms with E-state index < -0.39 is 18.3 Å². The van der Waals surface area contributed by atoms with Gasteiger partial charge in [-0.1, -0.05) is 0 Å². The third kappa shape index (κ3) is 5.11. The Morgan fingerprint density at radius 1 is 0.643 bits per heavy atom. The SMILES string of the molecule is [CH2]=[Zr]([CH2]C1CCCC1)([CH2]C1CCCC1)([CH]1C=CC=C1)[CH]1c2cc(C)c(C(C)(C)C)cc2-c2cc(C(C)(C)C)c(C)cc21. The second kappa shape index (κ2) is 10.6. The number of fused-ring (bicyclic) bond motifs is 3. The van der Waals surface area contributed by atoms with Crippen LogP contribution in [0.2, 0.25) is 11.9 Å². The first-order valence-electron chi connectivity index (χ1n) is 17.4. The van der Waals surface area contributed by atoms with E-state index in [4.69, 9.17) is 4.21 Å². The summed E-state index contributed by atoms with van der Waals surface area (Å²) in [6.45, 7) is 19.1. The molecule has 0 bridgehead atoms. The molecule has 2 saturated carbocycles. The molecule has 1 heteroatoms. The molecule has 4 aliphatic rings. The Kier molecular flexibility index (Phi) is 7.78. The second-order valence-corrected chi connectivity index (χ2v) is 33.2. The van der Waals surface area contributed by atoms with Crippen LogP contribution < -0.4 is 0 Å². The zero-order valence-electron chi connectivity index (χ0n) is 28.2. The fraction of sp³-hybridized carbons (Fsp3) is 0.585. The van der Waals surface area contributed by atoms with Crippen molar-refractivity contribution in [2.24, 2.45) is 11.8 Å². The van der Waals surface area contributed by atoms with E-state index in [1.54, 1.807) is 22.3 Å². The van der Waals surface area contributed by atoms with Crippen molar-refractivity contribution in [2.45, 2.75) is 133 Å². The second-order valence-electron chi connectivity index (χ2n) is 17.6. The summed E-state index contributed by atoms with van der Waals surface area (Å²) >= 11 is -3.99. The topological polar surface area (TPSA) is 0 Å². The molecule has 2 aromatic rings. The Bertz CT molecular complexity index is 1380. The van der Waals surface area contributed by atoms with Gasteiger partial charge in [0.2, 0.25) is 0 Å². The molecule has 0 nitrogen and oxygen atoms in total. The van der Waals surface area contributed by atoms with Gasteiger partial charge in [0, 0.05) is 0 Å². The van der Waals surface area contributed by atoms with Crippen molar-refractivity contribution in [1.82, 2.24) is 0 Å². The molecule has 0 amide bonds. The number of aryl methyl sites for hydroxylation is 2. The number of hydrogen-bond acceptors (Lipinski definition) is 0. The summed E-state index contributed by atoms with van der Waals surface area (Å²) in [5.74, 6) is 1.74. The van der Waals surface area contributed by atoms with Crippen molar-refractivity contribution in [3.63, 3.8) is 0 Å². The molecule has 0 radical (unpaired) electrons. The van der Waals surface area contributed by atoms with Gasteiger partial charge in [-0.3, -0.25) is 0 Å². The van der Waals surface area contributed by atoms with Crippen LogP contribution >= 0.6 is 0 Å². The third-order valence-electron chi connectivity index (χ3n) is 12.3. The molecular weight excluding hydrogens is 584 g/mol. The summed E-state index contributed by atoms with van der Waals surface area (Å²) in [5.41, 5.74) is 12.6. The maximum atomic E-state index is 5.90. The van der Waals surface area contributed by atoms with Crippen LogP contribution in [-0.2, 0) is 29.1 Å². The fourth-order valence-corrected chi connectivity index (χ4v) is 32.2. The van der Waals surface area contributed by atoms with Gasteiger partial charge in [-0.15, -0.1) is 0 Å². The van der Waals surface area contributed by atoms with Crippen LogP contribution in [0.15, 0.2) is 48.6 Å². The van der Waals surface area contributed by atoms with Gasteiger partial charge in [-0.05, 0) is 0 Å². The number of allylic oxidation sites excluding steroid dienone is 4. The Balaban J connectivity index is 1.68. The molecule has 0 saturated heterocycles. The van der Waals surface area contributed by atoms with E-state index in [1.165, 1.54) is 81.9 Å². The molecule has 0 unspecified atom stereocenters. The first kappa shape index (κ1) is 30.7. The monoisotopic (exact) mass is 640 g/mol. The molecule has 2 aromatic carbocycles. The van der Waals surface area contributed by atoms with Gasteiger partial charge in [0.15, 0.2) is 0 Å². The summed E-state index contributed by atoms with van der Waals surface area (Å²) < 4.78 is 9.87. The van der Waals surface area contributed by atoms with E-state index >= 15 is 0 Å². The zero-order chi connectivity index (χ0) is 30.1. The predicted octanol–water partition coefficient (Wildman–Crippen LogP) is 12.2. The molecule has 42 heavy (non-hydrogen) atoms. The van der Waals surface area contributed by atoms with Crippen molar-refractivity contribution in [3.05, 3.63) is 82.0 Å². The van der Waals surface area contributed by atoms with Crippen molar-refractivity contribution >= 4 is 4.21 Å². The van der Waals surface area contributed by atoms with Gasteiger partial charge in [0.25, 0.3) is 0 Å². The molecule has 0 N–H and O–H groups in total. The van der Waals surface area contributed by atoms with Crippen molar-refractivity contribution in [1.29, 1.82) is 0 Å². The number of hydrogen-bond donors (Lipinski definition) is 0. The van der Waals surface area contributed by atoms with Crippen molar-refractivity contribution in [3.8, 4) is 11.1 Å². The van der Waals surface area contributed by atoms with E-state index in [9.17, 15) is 0 Å². The molecule has 6 rings (SSSR count). The van der Waals surface area contributed by atoms with Crippen LogP contribution in [0.3, 0.4) is 0 Å². The van der Waals surface area contributed by atoms with Gasteiger partial charge in [0.1, 0.15) is 0 Å². The predicted molar refractivity (Wildman–Crippen MR) is 183 cm³/mol. The summed E-state index contributed by atoms with van der Waals surface area (Å²) in [7, 11) is 0.